The van der Waals surface area contributed by atoms with Crippen molar-refractivity contribution in [2.75, 3.05) is 0 Å². The molecule has 0 aliphatic heterocycles. The molecular weight excluding hydrogens is 312 g/mol. The topological polar surface area (TPSA) is 38.9 Å². The maximum atomic E-state index is 6.38. The highest BCUT2D eigenvalue weighted by Gasteiger charge is 2.21. The maximum absolute atomic E-state index is 6.38. The third kappa shape index (κ3) is 3.31. The molecule has 1 aromatic heterocycles. The third-order valence-corrected chi connectivity index (χ3v) is 3.52. The van der Waals surface area contributed by atoms with E-state index < -0.39 is 5.54 Å². The van der Waals surface area contributed by atoms with Crippen LogP contribution in [0.1, 0.15) is 18.1 Å². The second kappa shape index (κ2) is 5.39. The van der Waals surface area contributed by atoms with Crippen LogP contribution < -0.4 is 5.73 Å². The number of aromatic nitrogens is 1. The van der Waals surface area contributed by atoms with Crippen molar-refractivity contribution >= 4 is 27.5 Å². The lowest BCUT2D eigenvalue weighted by molar-refractivity contribution is 0.490. The lowest BCUT2D eigenvalue weighted by atomic mass is 9.87. The summed E-state index contributed by atoms with van der Waals surface area (Å²) in [5.41, 5.74) is 8.11. The van der Waals surface area contributed by atoms with Gasteiger partial charge in [0.1, 0.15) is 0 Å². The zero-order valence-electron chi connectivity index (χ0n) is 10.0. The summed E-state index contributed by atoms with van der Waals surface area (Å²) in [6, 6.07) is 9.69. The van der Waals surface area contributed by atoms with Crippen molar-refractivity contribution in [1.82, 2.24) is 4.98 Å². The quantitative estimate of drug-likeness (QED) is 0.929. The van der Waals surface area contributed by atoms with Gasteiger partial charge in [-0.15, -0.1) is 0 Å². The van der Waals surface area contributed by atoms with Crippen molar-refractivity contribution in [3.63, 3.8) is 0 Å². The minimum Gasteiger partial charge on any atom is -0.321 e. The fourth-order valence-corrected chi connectivity index (χ4v) is 2.45. The van der Waals surface area contributed by atoms with Gasteiger partial charge in [0.05, 0.1) is 0 Å². The Hall–Kier alpha value is -0.900. The number of rotatable bonds is 3. The monoisotopic (exact) mass is 324 g/mol. The second-order valence-corrected chi connectivity index (χ2v) is 5.96. The molecular formula is C14H14BrClN2. The molecule has 0 fully saturated rings. The number of nitrogens with zero attached hydrogens (tertiary/aromatic N) is 1. The van der Waals surface area contributed by atoms with Gasteiger partial charge in [0.15, 0.2) is 0 Å². The van der Waals surface area contributed by atoms with Gasteiger partial charge in [0.2, 0.25) is 0 Å². The fraction of sp³-hybridized carbons (Fsp3) is 0.214. The molecule has 0 saturated carbocycles. The van der Waals surface area contributed by atoms with Gasteiger partial charge in [-0.25, -0.2) is 0 Å². The van der Waals surface area contributed by atoms with E-state index in [1.165, 1.54) is 0 Å². The van der Waals surface area contributed by atoms with E-state index in [1.54, 1.807) is 6.20 Å². The minimum absolute atomic E-state index is 0.437. The molecule has 0 aliphatic carbocycles. The van der Waals surface area contributed by atoms with Crippen molar-refractivity contribution in [3.8, 4) is 0 Å². The van der Waals surface area contributed by atoms with E-state index in [4.69, 9.17) is 17.3 Å². The molecule has 0 amide bonds. The number of hydrogen-bond donors (Lipinski definition) is 1. The number of pyridine rings is 1. The molecule has 0 aliphatic rings. The van der Waals surface area contributed by atoms with Gasteiger partial charge < -0.3 is 5.73 Å². The van der Waals surface area contributed by atoms with Gasteiger partial charge in [-0.05, 0) is 58.6 Å². The molecule has 1 atom stereocenters. The maximum Gasteiger partial charge on any atom is 0.0422 e. The van der Waals surface area contributed by atoms with Gasteiger partial charge >= 0.3 is 0 Å². The zero-order valence-corrected chi connectivity index (χ0v) is 12.4. The molecule has 2 N–H and O–H groups in total. The number of hydrogen-bond acceptors (Lipinski definition) is 2. The van der Waals surface area contributed by atoms with Crippen molar-refractivity contribution in [2.24, 2.45) is 5.73 Å². The molecule has 18 heavy (non-hydrogen) atoms. The zero-order chi connectivity index (χ0) is 13.2. The standard InChI is InChI=1S/C14H14BrClN2/c1-14(17,11-2-4-13(16)5-3-11)7-10-6-12(15)9-18-8-10/h2-6,8-9H,7,17H2,1H3. The molecule has 2 nitrogen and oxygen atoms in total. The number of halogens is 2. The highest BCUT2D eigenvalue weighted by Crippen LogP contribution is 2.24. The van der Waals surface area contributed by atoms with Gasteiger partial charge in [-0.1, -0.05) is 23.7 Å². The van der Waals surface area contributed by atoms with Crippen molar-refractivity contribution < 1.29 is 0 Å². The van der Waals surface area contributed by atoms with Crippen LogP contribution in [0.5, 0.6) is 0 Å². The Balaban J connectivity index is 2.23. The van der Waals surface area contributed by atoms with Crippen LogP contribution in [0.3, 0.4) is 0 Å². The van der Waals surface area contributed by atoms with E-state index in [9.17, 15) is 0 Å². The van der Waals surface area contributed by atoms with Gasteiger partial charge in [-0.3, -0.25) is 4.98 Å². The predicted octanol–water partition coefficient (Wildman–Crippen LogP) is 3.91. The highest BCUT2D eigenvalue weighted by atomic mass is 79.9. The van der Waals surface area contributed by atoms with Gasteiger partial charge in [0, 0.05) is 27.4 Å². The lowest BCUT2D eigenvalue weighted by Gasteiger charge is -2.25. The molecule has 94 valence electrons. The first kappa shape index (κ1) is 13.5. The van der Waals surface area contributed by atoms with Crippen molar-refractivity contribution in [2.45, 2.75) is 18.9 Å². The lowest BCUT2D eigenvalue weighted by Crippen LogP contribution is -2.35. The van der Waals surface area contributed by atoms with Crippen molar-refractivity contribution in [1.29, 1.82) is 0 Å². The first-order valence-electron chi connectivity index (χ1n) is 5.62. The van der Waals surface area contributed by atoms with Gasteiger partial charge in [0.25, 0.3) is 0 Å². The number of benzene rings is 1. The summed E-state index contributed by atoms with van der Waals surface area (Å²) in [5.74, 6) is 0. The Morgan fingerprint density at radius 2 is 1.94 bits per heavy atom. The summed E-state index contributed by atoms with van der Waals surface area (Å²) in [6.45, 7) is 2.01. The Morgan fingerprint density at radius 1 is 1.28 bits per heavy atom. The summed E-state index contributed by atoms with van der Waals surface area (Å²) in [5, 5.41) is 0.721. The summed E-state index contributed by atoms with van der Waals surface area (Å²) in [6.07, 6.45) is 4.33. The summed E-state index contributed by atoms with van der Waals surface area (Å²) >= 11 is 9.30. The first-order valence-corrected chi connectivity index (χ1v) is 6.79. The predicted molar refractivity (Wildman–Crippen MR) is 78.6 cm³/mol. The van der Waals surface area contributed by atoms with Crippen LogP contribution in [-0.4, -0.2) is 4.98 Å². The summed E-state index contributed by atoms with van der Waals surface area (Å²) in [4.78, 5) is 4.15. The van der Waals surface area contributed by atoms with Crippen molar-refractivity contribution in [3.05, 3.63) is 63.3 Å². The van der Waals surface area contributed by atoms with E-state index in [0.717, 1.165) is 27.0 Å². The summed E-state index contributed by atoms with van der Waals surface area (Å²) in [7, 11) is 0. The highest BCUT2D eigenvalue weighted by molar-refractivity contribution is 9.10. The van der Waals surface area contributed by atoms with Crippen LogP contribution in [0, 0.1) is 0 Å². The normalized spacial score (nSPS) is 14.2. The third-order valence-electron chi connectivity index (χ3n) is 2.84. The summed E-state index contributed by atoms with van der Waals surface area (Å²) < 4.78 is 0.965. The van der Waals surface area contributed by atoms with E-state index in [2.05, 4.69) is 20.9 Å². The largest absolute Gasteiger partial charge is 0.321 e. The Bertz CT molecular complexity index is 538. The van der Waals surface area contributed by atoms with Crippen LogP contribution in [0.15, 0.2) is 47.2 Å². The minimum atomic E-state index is -0.437. The average molecular weight is 326 g/mol. The molecule has 2 aromatic rings. The van der Waals surface area contributed by atoms with Crippen LogP contribution in [0.4, 0.5) is 0 Å². The Kier molecular flexibility index (Phi) is 4.05. The molecule has 2 rings (SSSR count). The van der Waals surface area contributed by atoms with E-state index in [0.29, 0.717) is 0 Å². The average Bonchev–Trinajstić information content (AvgIpc) is 2.29. The number of nitrogens with two attached hydrogens (primary N) is 1. The molecule has 1 aromatic carbocycles. The molecule has 0 saturated heterocycles. The Labute approximate surface area is 120 Å². The van der Waals surface area contributed by atoms with Gasteiger partial charge in [-0.2, -0.15) is 0 Å². The molecule has 1 heterocycles. The van der Waals surface area contributed by atoms with Crippen LogP contribution >= 0.6 is 27.5 Å². The Morgan fingerprint density at radius 3 is 2.56 bits per heavy atom. The second-order valence-electron chi connectivity index (χ2n) is 4.61. The fourth-order valence-electron chi connectivity index (χ4n) is 1.91. The van der Waals surface area contributed by atoms with Crippen LogP contribution in [0.2, 0.25) is 5.02 Å². The molecule has 1 unspecified atom stereocenters. The molecule has 0 spiro atoms. The van der Waals surface area contributed by atoms with E-state index >= 15 is 0 Å². The van der Waals surface area contributed by atoms with Crippen LogP contribution in [-0.2, 0) is 12.0 Å². The smallest absolute Gasteiger partial charge is 0.0422 e. The molecule has 0 radical (unpaired) electrons. The first-order chi connectivity index (χ1) is 8.47. The van der Waals surface area contributed by atoms with Crippen LogP contribution in [0.25, 0.3) is 0 Å². The molecule has 4 heteroatoms. The van der Waals surface area contributed by atoms with E-state index in [-0.39, 0.29) is 0 Å². The van der Waals surface area contributed by atoms with E-state index in [1.807, 2.05) is 43.5 Å². The SMILES string of the molecule is CC(N)(Cc1cncc(Br)c1)c1ccc(Cl)cc1. The molecule has 0 bridgehead atoms.